The minimum atomic E-state index is -0.226. The summed E-state index contributed by atoms with van der Waals surface area (Å²) in [7, 11) is 0. The van der Waals surface area contributed by atoms with Gasteiger partial charge in [0.2, 0.25) is 0 Å². The van der Waals surface area contributed by atoms with E-state index in [1.54, 1.807) is 24.4 Å². The highest BCUT2D eigenvalue weighted by Crippen LogP contribution is 2.24. The second-order valence-electron chi connectivity index (χ2n) is 3.24. The summed E-state index contributed by atoms with van der Waals surface area (Å²) < 4.78 is 14.2. The van der Waals surface area contributed by atoms with E-state index in [2.05, 4.69) is 32.6 Å². The number of anilines is 1. The molecule has 1 heterocycles. The lowest BCUT2D eigenvalue weighted by atomic mass is 10.3. The van der Waals surface area contributed by atoms with Crippen molar-refractivity contribution in [1.29, 1.82) is 0 Å². The van der Waals surface area contributed by atoms with Crippen LogP contribution in [0.3, 0.4) is 0 Å². The molecule has 2 N–H and O–H groups in total. The van der Waals surface area contributed by atoms with Crippen molar-refractivity contribution in [1.82, 2.24) is 9.97 Å². The van der Waals surface area contributed by atoms with Crippen molar-refractivity contribution in [3.63, 3.8) is 0 Å². The van der Waals surface area contributed by atoms with Gasteiger partial charge in [0.1, 0.15) is 17.5 Å². The number of hydrogen-bond acceptors (Lipinski definition) is 4. The van der Waals surface area contributed by atoms with Crippen LogP contribution in [0.1, 0.15) is 5.82 Å². The molecule has 0 aliphatic heterocycles. The first-order valence-electron chi connectivity index (χ1n) is 4.81. The Morgan fingerprint density at radius 2 is 2.12 bits per heavy atom. The number of halogens is 2. The molecule has 0 amide bonds. The Morgan fingerprint density at radius 1 is 1.35 bits per heavy atom. The summed E-state index contributed by atoms with van der Waals surface area (Å²) in [5.41, 5.74) is 5.68. The first kappa shape index (κ1) is 12.6. The second-order valence-corrected chi connectivity index (χ2v) is 5.42. The van der Waals surface area contributed by atoms with Crippen LogP contribution in [0.15, 0.2) is 35.4 Å². The molecular formula is C11H9FIN3S. The van der Waals surface area contributed by atoms with Gasteiger partial charge in [-0.25, -0.2) is 14.4 Å². The summed E-state index contributed by atoms with van der Waals surface area (Å²) >= 11 is 3.43. The van der Waals surface area contributed by atoms with E-state index >= 15 is 0 Å². The van der Waals surface area contributed by atoms with E-state index < -0.39 is 0 Å². The van der Waals surface area contributed by atoms with E-state index in [0.29, 0.717) is 22.3 Å². The molecule has 6 heteroatoms. The maximum Gasteiger partial charge on any atom is 0.140 e. The number of hydrogen-bond donors (Lipinski definition) is 1. The van der Waals surface area contributed by atoms with Crippen LogP contribution in [0.2, 0.25) is 0 Å². The van der Waals surface area contributed by atoms with Crippen LogP contribution >= 0.6 is 34.4 Å². The lowest BCUT2D eigenvalue weighted by molar-refractivity contribution is 0.602. The lowest BCUT2D eigenvalue weighted by Gasteiger charge is -2.03. The molecule has 2 rings (SSSR count). The Bertz CT molecular complexity index is 536. The zero-order chi connectivity index (χ0) is 12.3. The van der Waals surface area contributed by atoms with Gasteiger partial charge in [0, 0.05) is 11.1 Å². The number of nitrogens with two attached hydrogens (primary N) is 1. The third kappa shape index (κ3) is 3.29. The Hall–Kier alpha value is -0.890. The largest absolute Gasteiger partial charge is 0.383 e. The average molecular weight is 361 g/mol. The predicted molar refractivity (Wildman–Crippen MR) is 75.1 cm³/mol. The SMILES string of the molecule is Nc1nc(CSc2ccccc2F)ncc1I. The van der Waals surface area contributed by atoms with Gasteiger partial charge in [-0.05, 0) is 34.7 Å². The van der Waals surface area contributed by atoms with E-state index in [9.17, 15) is 4.39 Å². The van der Waals surface area contributed by atoms with Crippen molar-refractivity contribution in [2.75, 3.05) is 5.73 Å². The van der Waals surface area contributed by atoms with Crippen molar-refractivity contribution in [3.05, 3.63) is 45.7 Å². The monoisotopic (exact) mass is 361 g/mol. The summed E-state index contributed by atoms with van der Waals surface area (Å²) in [4.78, 5) is 8.87. The standard InChI is InChI=1S/C11H9FIN3S/c12-7-3-1-2-4-9(7)17-6-10-15-5-8(13)11(14)16-10/h1-5H,6H2,(H2,14,15,16). The number of nitrogens with zero attached hydrogens (tertiary/aromatic N) is 2. The number of rotatable bonds is 3. The van der Waals surface area contributed by atoms with Crippen LogP contribution in [0.4, 0.5) is 10.2 Å². The summed E-state index contributed by atoms with van der Waals surface area (Å²) in [5.74, 6) is 1.35. The normalized spacial score (nSPS) is 10.5. The molecule has 0 saturated carbocycles. The van der Waals surface area contributed by atoms with Crippen LogP contribution in [-0.4, -0.2) is 9.97 Å². The summed E-state index contributed by atoms with van der Waals surface area (Å²) in [5, 5.41) is 0. The molecule has 0 atom stereocenters. The van der Waals surface area contributed by atoms with Crippen LogP contribution in [0.25, 0.3) is 0 Å². The fraction of sp³-hybridized carbons (Fsp3) is 0.0909. The molecule has 2 aromatic rings. The number of thioether (sulfide) groups is 1. The Kier molecular flexibility index (Phi) is 4.16. The maximum absolute atomic E-state index is 13.3. The Balaban J connectivity index is 2.08. The molecule has 0 spiro atoms. The quantitative estimate of drug-likeness (QED) is 0.674. The van der Waals surface area contributed by atoms with Gasteiger partial charge in [-0.1, -0.05) is 12.1 Å². The first-order chi connectivity index (χ1) is 8.16. The van der Waals surface area contributed by atoms with E-state index in [-0.39, 0.29) is 5.82 Å². The van der Waals surface area contributed by atoms with Crippen molar-refractivity contribution in [2.45, 2.75) is 10.6 Å². The third-order valence-electron chi connectivity index (χ3n) is 2.01. The van der Waals surface area contributed by atoms with Gasteiger partial charge in [-0.3, -0.25) is 0 Å². The van der Waals surface area contributed by atoms with Gasteiger partial charge in [-0.2, -0.15) is 0 Å². The second kappa shape index (κ2) is 5.63. The van der Waals surface area contributed by atoms with Gasteiger partial charge in [0.25, 0.3) is 0 Å². The summed E-state index contributed by atoms with van der Waals surface area (Å²) in [6.45, 7) is 0. The van der Waals surface area contributed by atoms with Gasteiger partial charge in [0.15, 0.2) is 0 Å². The molecule has 88 valence electrons. The predicted octanol–water partition coefficient (Wildman–Crippen LogP) is 3.09. The zero-order valence-corrected chi connectivity index (χ0v) is 11.7. The van der Waals surface area contributed by atoms with E-state index in [1.165, 1.54) is 17.8 Å². The molecule has 0 bridgehead atoms. The Labute approximate surface area is 116 Å². The topological polar surface area (TPSA) is 51.8 Å². The van der Waals surface area contributed by atoms with E-state index in [0.717, 1.165) is 3.57 Å². The average Bonchev–Trinajstić information content (AvgIpc) is 2.32. The molecule has 1 aromatic carbocycles. The lowest BCUT2D eigenvalue weighted by Crippen LogP contribution is -2.00. The molecule has 3 nitrogen and oxygen atoms in total. The van der Waals surface area contributed by atoms with Crippen LogP contribution in [0.5, 0.6) is 0 Å². The molecule has 17 heavy (non-hydrogen) atoms. The van der Waals surface area contributed by atoms with Crippen LogP contribution in [-0.2, 0) is 5.75 Å². The maximum atomic E-state index is 13.3. The molecule has 0 unspecified atom stereocenters. The number of benzene rings is 1. The van der Waals surface area contributed by atoms with Gasteiger partial charge >= 0.3 is 0 Å². The van der Waals surface area contributed by atoms with Crippen molar-refractivity contribution in [2.24, 2.45) is 0 Å². The molecule has 0 radical (unpaired) electrons. The molecule has 1 aromatic heterocycles. The summed E-state index contributed by atoms with van der Waals surface area (Å²) in [6.07, 6.45) is 1.67. The molecule has 0 saturated heterocycles. The van der Waals surface area contributed by atoms with Crippen molar-refractivity contribution < 1.29 is 4.39 Å². The smallest absolute Gasteiger partial charge is 0.140 e. The minimum absolute atomic E-state index is 0.226. The van der Waals surface area contributed by atoms with Crippen LogP contribution < -0.4 is 5.73 Å². The van der Waals surface area contributed by atoms with Crippen LogP contribution in [0, 0.1) is 9.39 Å². The van der Waals surface area contributed by atoms with Gasteiger partial charge < -0.3 is 5.73 Å². The highest BCUT2D eigenvalue weighted by atomic mass is 127. The number of aromatic nitrogens is 2. The third-order valence-corrected chi connectivity index (χ3v) is 3.89. The summed E-state index contributed by atoms with van der Waals surface area (Å²) in [6, 6.07) is 6.63. The Morgan fingerprint density at radius 3 is 2.82 bits per heavy atom. The molecule has 0 aliphatic rings. The van der Waals surface area contributed by atoms with Gasteiger partial charge in [0.05, 0.1) is 9.32 Å². The van der Waals surface area contributed by atoms with E-state index in [4.69, 9.17) is 5.73 Å². The van der Waals surface area contributed by atoms with Gasteiger partial charge in [-0.15, -0.1) is 11.8 Å². The minimum Gasteiger partial charge on any atom is -0.383 e. The van der Waals surface area contributed by atoms with Crippen molar-refractivity contribution in [3.8, 4) is 0 Å². The van der Waals surface area contributed by atoms with E-state index in [1.807, 2.05) is 0 Å². The molecular weight excluding hydrogens is 352 g/mol. The van der Waals surface area contributed by atoms with Crippen molar-refractivity contribution >= 4 is 40.2 Å². The fourth-order valence-electron chi connectivity index (χ4n) is 1.19. The zero-order valence-electron chi connectivity index (χ0n) is 8.73. The number of nitrogen functional groups attached to an aromatic ring is 1. The highest BCUT2D eigenvalue weighted by molar-refractivity contribution is 14.1. The highest BCUT2D eigenvalue weighted by Gasteiger charge is 2.05. The molecule has 0 fully saturated rings. The molecule has 0 aliphatic carbocycles. The first-order valence-corrected chi connectivity index (χ1v) is 6.87. The fourth-order valence-corrected chi connectivity index (χ4v) is 2.26.